The third-order valence-electron chi connectivity index (χ3n) is 3.26. The molecule has 0 aromatic heterocycles. The van der Waals surface area contributed by atoms with Gasteiger partial charge in [-0.1, -0.05) is 24.3 Å². The van der Waals surface area contributed by atoms with E-state index in [-0.39, 0.29) is 6.42 Å². The fourth-order valence-corrected chi connectivity index (χ4v) is 2.81. The van der Waals surface area contributed by atoms with Crippen LogP contribution in [-0.4, -0.2) is 25.3 Å². The molecule has 0 aliphatic heterocycles. The van der Waals surface area contributed by atoms with Gasteiger partial charge in [-0.2, -0.15) is 8.78 Å². The Hall–Kier alpha value is -2.48. The van der Waals surface area contributed by atoms with Gasteiger partial charge in [0.15, 0.2) is 0 Å². The number of halogens is 2. The minimum atomic E-state index is -4.59. The standard InChI is InChI=1S/C16H15F2NO4S/c17-16(18)24(22,23)14-6-4-13(5-7-14)19-10-12-3-1-2-11(8-12)9-15(20)21/h1-8,16,19H,9-10H2,(H,20,21). The molecule has 0 aliphatic carbocycles. The van der Waals surface area contributed by atoms with Crippen molar-refractivity contribution >= 4 is 21.5 Å². The van der Waals surface area contributed by atoms with E-state index in [4.69, 9.17) is 5.11 Å². The molecule has 24 heavy (non-hydrogen) atoms. The van der Waals surface area contributed by atoms with E-state index < -0.39 is 26.5 Å². The topological polar surface area (TPSA) is 83.5 Å². The number of alkyl halides is 2. The summed E-state index contributed by atoms with van der Waals surface area (Å²) in [5.74, 6) is -4.37. The van der Waals surface area contributed by atoms with E-state index in [9.17, 15) is 22.0 Å². The maximum absolute atomic E-state index is 12.5. The highest BCUT2D eigenvalue weighted by molar-refractivity contribution is 7.91. The number of sulfone groups is 1. The van der Waals surface area contributed by atoms with Crippen molar-refractivity contribution < 1.29 is 27.1 Å². The first-order chi connectivity index (χ1) is 11.3. The van der Waals surface area contributed by atoms with Crippen molar-refractivity contribution in [2.24, 2.45) is 0 Å². The molecular formula is C16H15F2NO4S. The average molecular weight is 355 g/mol. The van der Waals surface area contributed by atoms with Gasteiger partial charge >= 0.3 is 11.7 Å². The molecule has 2 aromatic rings. The quantitative estimate of drug-likeness (QED) is 0.798. The second kappa shape index (κ2) is 7.39. The smallest absolute Gasteiger partial charge is 0.341 e. The van der Waals surface area contributed by atoms with Crippen molar-refractivity contribution in [2.75, 3.05) is 5.32 Å². The van der Waals surface area contributed by atoms with Crippen molar-refractivity contribution in [3.05, 3.63) is 59.7 Å². The highest BCUT2D eigenvalue weighted by Crippen LogP contribution is 2.20. The van der Waals surface area contributed by atoms with Gasteiger partial charge < -0.3 is 10.4 Å². The van der Waals surface area contributed by atoms with Gasteiger partial charge in [0.2, 0.25) is 9.84 Å². The number of benzene rings is 2. The van der Waals surface area contributed by atoms with Gasteiger partial charge in [-0.3, -0.25) is 4.79 Å². The summed E-state index contributed by atoms with van der Waals surface area (Å²) >= 11 is 0. The van der Waals surface area contributed by atoms with Gasteiger partial charge in [0.1, 0.15) is 0 Å². The fraction of sp³-hybridized carbons (Fsp3) is 0.188. The van der Waals surface area contributed by atoms with Gasteiger partial charge in [0, 0.05) is 12.2 Å². The van der Waals surface area contributed by atoms with Crippen molar-refractivity contribution in [3.63, 3.8) is 0 Å². The maximum atomic E-state index is 12.5. The van der Waals surface area contributed by atoms with Crippen molar-refractivity contribution in [3.8, 4) is 0 Å². The van der Waals surface area contributed by atoms with E-state index in [0.717, 1.165) is 17.7 Å². The number of carboxylic acid groups (broad SMARTS) is 1. The molecule has 128 valence electrons. The lowest BCUT2D eigenvalue weighted by atomic mass is 10.1. The number of anilines is 1. The lowest BCUT2D eigenvalue weighted by Gasteiger charge is -2.09. The number of rotatable bonds is 7. The van der Waals surface area contributed by atoms with Crippen LogP contribution in [0.15, 0.2) is 53.4 Å². The summed E-state index contributed by atoms with van der Waals surface area (Å²) in [5, 5.41) is 11.8. The van der Waals surface area contributed by atoms with E-state index in [1.807, 2.05) is 6.07 Å². The predicted octanol–water partition coefficient (Wildman–Crippen LogP) is 2.92. The Balaban J connectivity index is 2.04. The molecule has 0 unspecified atom stereocenters. The predicted molar refractivity (Wildman–Crippen MR) is 84.7 cm³/mol. The van der Waals surface area contributed by atoms with Crippen LogP contribution in [0.2, 0.25) is 0 Å². The summed E-state index contributed by atoms with van der Waals surface area (Å²) in [4.78, 5) is 10.3. The molecule has 5 nitrogen and oxygen atoms in total. The van der Waals surface area contributed by atoms with E-state index >= 15 is 0 Å². The van der Waals surface area contributed by atoms with Crippen molar-refractivity contribution in [1.29, 1.82) is 0 Å². The van der Waals surface area contributed by atoms with Gasteiger partial charge in [0.05, 0.1) is 11.3 Å². The second-order valence-corrected chi connectivity index (χ2v) is 6.99. The molecule has 0 fully saturated rings. The Morgan fingerprint density at radius 3 is 2.29 bits per heavy atom. The first kappa shape index (κ1) is 17.9. The number of carboxylic acids is 1. The van der Waals surface area contributed by atoms with Crippen LogP contribution in [-0.2, 0) is 27.6 Å². The third kappa shape index (κ3) is 4.51. The zero-order valence-corrected chi connectivity index (χ0v) is 13.3. The van der Waals surface area contributed by atoms with Gasteiger partial charge in [0.25, 0.3) is 0 Å². The highest BCUT2D eigenvalue weighted by atomic mass is 32.2. The molecule has 2 N–H and O–H groups in total. The molecule has 0 saturated heterocycles. The Labute approximate surface area is 137 Å². The van der Waals surface area contributed by atoms with E-state index in [2.05, 4.69) is 5.32 Å². The molecule has 0 heterocycles. The van der Waals surface area contributed by atoms with Crippen LogP contribution in [0.3, 0.4) is 0 Å². The average Bonchev–Trinajstić information content (AvgIpc) is 2.53. The first-order valence-corrected chi connectivity index (χ1v) is 8.49. The molecule has 0 atom stereocenters. The number of aliphatic carboxylic acids is 1. The summed E-state index contributed by atoms with van der Waals surface area (Å²) in [6.07, 6.45) is -0.0754. The molecule has 2 rings (SSSR count). The number of nitrogens with one attached hydrogen (secondary N) is 1. The molecule has 2 aromatic carbocycles. The van der Waals surface area contributed by atoms with Crippen LogP contribution >= 0.6 is 0 Å². The van der Waals surface area contributed by atoms with Crippen molar-refractivity contribution in [2.45, 2.75) is 23.6 Å². The fourth-order valence-electron chi connectivity index (χ4n) is 2.09. The third-order valence-corrected chi connectivity index (χ3v) is 4.66. The zero-order valence-electron chi connectivity index (χ0n) is 12.4. The largest absolute Gasteiger partial charge is 0.481 e. The molecule has 0 bridgehead atoms. The molecule has 8 heteroatoms. The normalized spacial score (nSPS) is 11.5. The van der Waals surface area contributed by atoms with E-state index in [0.29, 0.717) is 17.8 Å². The molecular weight excluding hydrogens is 340 g/mol. The summed E-state index contributed by atoms with van der Waals surface area (Å²) < 4.78 is 47.6. The minimum absolute atomic E-state index is 0.0754. The monoisotopic (exact) mass is 355 g/mol. The number of hydrogen-bond donors (Lipinski definition) is 2. The Morgan fingerprint density at radius 1 is 1.08 bits per heavy atom. The molecule has 0 spiro atoms. The molecule has 0 saturated carbocycles. The van der Waals surface area contributed by atoms with Crippen LogP contribution < -0.4 is 5.32 Å². The van der Waals surface area contributed by atoms with Gasteiger partial charge in [-0.15, -0.1) is 0 Å². The van der Waals surface area contributed by atoms with Crippen LogP contribution in [0, 0.1) is 0 Å². The van der Waals surface area contributed by atoms with Crippen LogP contribution in [0.5, 0.6) is 0 Å². The molecule has 0 radical (unpaired) electrons. The first-order valence-electron chi connectivity index (χ1n) is 6.94. The Bertz CT molecular complexity index is 820. The molecule has 0 aliphatic rings. The highest BCUT2D eigenvalue weighted by Gasteiger charge is 2.26. The Morgan fingerprint density at radius 2 is 1.71 bits per heavy atom. The second-order valence-electron chi connectivity index (χ2n) is 5.07. The number of carbonyl (C=O) groups is 1. The van der Waals surface area contributed by atoms with Crippen LogP contribution in [0.4, 0.5) is 14.5 Å². The summed E-state index contributed by atoms with van der Waals surface area (Å²) in [6.45, 7) is 0.383. The number of hydrogen-bond acceptors (Lipinski definition) is 4. The lowest BCUT2D eigenvalue weighted by Crippen LogP contribution is -2.11. The lowest BCUT2D eigenvalue weighted by molar-refractivity contribution is -0.136. The maximum Gasteiger partial charge on any atom is 0.341 e. The van der Waals surface area contributed by atoms with Crippen LogP contribution in [0.25, 0.3) is 0 Å². The zero-order chi connectivity index (χ0) is 17.7. The minimum Gasteiger partial charge on any atom is -0.481 e. The van der Waals surface area contributed by atoms with E-state index in [1.165, 1.54) is 12.1 Å². The van der Waals surface area contributed by atoms with Crippen LogP contribution in [0.1, 0.15) is 11.1 Å². The summed E-state index contributed by atoms with van der Waals surface area (Å²) in [5.41, 5.74) is 2.07. The van der Waals surface area contributed by atoms with Crippen molar-refractivity contribution in [1.82, 2.24) is 0 Å². The van der Waals surface area contributed by atoms with Gasteiger partial charge in [-0.25, -0.2) is 8.42 Å². The Kier molecular flexibility index (Phi) is 5.50. The SMILES string of the molecule is O=C(O)Cc1cccc(CNc2ccc(S(=O)(=O)C(F)F)cc2)c1. The molecule has 0 amide bonds. The summed E-state index contributed by atoms with van der Waals surface area (Å²) in [6, 6.07) is 12.0. The van der Waals surface area contributed by atoms with E-state index in [1.54, 1.807) is 18.2 Å². The summed E-state index contributed by atoms with van der Waals surface area (Å²) in [7, 11) is -4.59. The van der Waals surface area contributed by atoms with Gasteiger partial charge in [-0.05, 0) is 35.4 Å².